The number of benzene rings is 2. The number of aromatic nitrogens is 3. The van der Waals surface area contributed by atoms with Crippen LogP contribution in [-0.4, -0.2) is 32.9 Å². The summed E-state index contributed by atoms with van der Waals surface area (Å²) in [5.74, 6) is 0.455. The van der Waals surface area contributed by atoms with Crippen LogP contribution in [0.1, 0.15) is 41.1 Å². The minimum absolute atomic E-state index is 0.0132. The number of para-hydroxylation sites is 3. The maximum absolute atomic E-state index is 13.5. The number of carbonyl (C=O) groups is 2. The highest BCUT2D eigenvalue weighted by Gasteiger charge is 2.25. The molecule has 5 rings (SSSR count). The average Bonchev–Trinajstić information content (AvgIpc) is 3.22. The summed E-state index contributed by atoms with van der Waals surface area (Å²) >= 11 is 0. The minimum atomic E-state index is -0.389. The molecule has 7 nitrogen and oxygen atoms in total. The Morgan fingerprint density at radius 2 is 1.79 bits per heavy atom. The molecule has 4 aromatic rings. The Morgan fingerprint density at radius 3 is 2.64 bits per heavy atom. The summed E-state index contributed by atoms with van der Waals surface area (Å²) in [6.07, 6.45) is 5.10. The fourth-order valence-electron chi connectivity index (χ4n) is 4.45. The van der Waals surface area contributed by atoms with Gasteiger partial charge in [0.05, 0.1) is 17.1 Å². The highest BCUT2D eigenvalue weighted by Crippen LogP contribution is 2.28. The van der Waals surface area contributed by atoms with Gasteiger partial charge in [0.2, 0.25) is 5.91 Å². The number of rotatable bonds is 5. The number of amides is 2. The molecule has 0 saturated carbocycles. The van der Waals surface area contributed by atoms with Crippen molar-refractivity contribution in [2.75, 3.05) is 11.4 Å². The van der Waals surface area contributed by atoms with Crippen molar-refractivity contribution in [1.82, 2.24) is 19.9 Å². The Bertz CT molecular complexity index is 1310. The van der Waals surface area contributed by atoms with Crippen molar-refractivity contribution in [2.24, 2.45) is 0 Å². The molecular weight excluding hydrogens is 414 g/mol. The van der Waals surface area contributed by atoms with E-state index in [0.717, 1.165) is 29.6 Å². The molecule has 0 bridgehead atoms. The number of imidazole rings is 1. The lowest BCUT2D eigenvalue weighted by molar-refractivity contribution is -0.119. The molecule has 3 heterocycles. The van der Waals surface area contributed by atoms with Gasteiger partial charge in [0.25, 0.3) is 5.91 Å². The Kier molecular flexibility index (Phi) is 5.60. The highest BCUT2D eigenvalue weighted by molar-refractivity contribution is 5.96. The van der Waals surface area contributed by atoms with Gasteiger partial charge in [0.15, 0.2) is 0 Å². The Hall–Kier alpha value is -4.00. The van der Waals surface area contributed by atoms with Gasteiger partial charge < -0.3 is 14.8 Å². The SMILES string of the molecule is CC(NC(=O)c1ccncc1)c1nc2ccccc2n1CC(=O)N1CCCc2ccccc21. The zero-order valence-electron chi connectivity index (χ0n) is 18.4. The van der Waals surface area contributed by atoms with Gasteiger partial charge >= 0.3 is 0 Å². The van der Waals surface area contributed by atoms with Crippen molar-refractivity contribution in [3.8, 4) is 0 Å². The molecule has 2 aromatic heterocycles. The van der Waals surface area contributed by atoms with E-state index in [2.05, 4.69) is 16.4 Å². The van der Waals surface area contributed by atoms with Crippen LogP contribution >= 0.6 is 0 Å². The van der Waals surface area contributed by atoms with Crippen molar-refractivity contribution >= 4 is 28.5 Å². The number of hydrogen-bond acceptors (Lipinski definition) is 4. The van der Waals surface area contributed by atoms with Gasteiger partial charge in [-0.25, -0.2) is 4.98 Å². The van der Waals surface area contributed by atoms with Crippen molar-refractivity contribution < 1.29 is 9.59 Å². The monoisotopic (exact) mass is 439 g/mol. The number of nitrogens with zero attached hydrogens (tertiary/aromatic N) is 4. The number of aryl methyl sites for hydroxylation is 1. The third-order valence-corrected chi connectivity index (χ3v) is 6.07. The van der Waals surface area contributed by atoms with Crippen LogP contribution in [0.15, 0.2) is 73.1 Å². The Morgan fingerprint density at radius 1 is 1.03 bits per heavy atom. The predicted octanol–water partition coefficient (Wildman–Crippen LogP) is 3.90. The first kappa shape index (κ1) is 20.9. The van der Waals surface area contributed by atoms with E-state index in [0.29, 0.717) is 17.9 Å². The molecule has 1 aliphatic heterocycles. The quantitative estimate of drug-likeness (QED) is 0.511. The van der Waals surface area contributed by atoms with Gasteiger partial charge in [-0.3, -0.25) is 14.6 Å². The summed E-state index contributed by atoms with van der Waals surface area (Å²) < 4.78 is 1.92. The number of anilines is 1. The maximum Gasteiger partial charge on any atom is 0.251 e. The summed E-state index contributed by atoms with van der Waals surface area (Å²) in [7, 11) is 0. The van der Waals surface area contributed by atoms with Crippen LogP contribution in [0.2, 0.25) is 0 Å². The lowest BCUT2D eigenvalue weighted by Crippen LogP contribution is -2.38. The fraction of sp³-hybridized carbons (Fsp3) is 0.231. The first-order chi connectivity index (χ1) is 16.1. The summed E-state index contributed by atoms with van der Waals surface area (Å²) in [6.45, 7) is 2.74. The van der Waals surface area contributed by atoms with Gasteiger partial charge in [-0.15, -0.1) is 0 Å². The van der Waals surface area contributed by atoms with E-state index in [1.165, 1.54) is 5.56 Å². The van der Waals surface area contributed by atoms with E-state index in [4.69, 9.17) is 4.98 Å². The average molecular weight is 440 g/mol. The predicted molar refractivity (Wildman–Crippen MR) is 127 cm³/mol. The van der Waals surface area contributed by atoms with E-state index in [9.17, 15) is 9.59 Å². The van der Waals surface area contributed by atoms with E-state index in [1.807, 2.05) is 58.9 Å². The molecule has 0 aliphatic carbocycles. The summed E-state index contributed by atoms with van der Waals surface area (Å²) in [5.41, 5.74) is 4.38. The third-order valence-electron chi connectivity index (χ3n) is 6.07. The zero-order valence-corrected chi connectivity index (χ0v) is 18.4. The molecular formula is C26H25N5O2. The lowest BCUT2D eigenvalue weighted by Gasteiger charge is -2.30. The summed E-state index contributed by atoms with van der Waals surface area (Å²) in [5, 5.41) is 3.01. The second-order valence-corrected chi connectivity index (χ2v) is 8.25. The molecule has 7 heteroatoms. The first-order valence-corrected chi connectivity index (χ1v) is 11.2. The van der Waals surface area contributed by atoms with Gasteiger partial charge in [-0.05, 0) is 55.7 Å². The fourth-order valence-corrected chi connectivity index (χ4v) is 4.45. The molecule has 2 amide bonds. The molecule has 166 valence electrons. The van der Waals surface area contributed by atoms with Crippen LogP contribution in [0.25, 0.3) is 11.0 Å². The van der Waals surface area contributed by atoms with Crippen LogP contribution in [0.5, 0.6) is 0 Å². The molecule has 1 atom stereocenters. The van der Waals surface area contributed by atoms with Crippen LogP contribution < -0.4 is 10.2 Å². The molecule has 0 saturated heterocycles. The van der Waals surface area contributed by atoms with Gasteiger partial charge in [-0.2, -0.15) is 0 Å². The number of carbonyl (C=O) groups excluding carboxylic acids is 2. The molecule has 1 aliphatic rings. The number of fused-ring (bicyclic) bond motifs is 2. The van der Waals surface area contributed by atoms with Crippen molar-refractivity contribution in [3.05, 3.63) is 90.0 Å². The van der Waals surface area contributed by atoms with Gasteiger partial charge in [0.1, 0.15) is 12.4 Å². The normalized spacial score (nSPS) is 14.0. The smallest absolute Gasteiger partial charge is 0.251 e. The van der Waals surface area contributed by atoms with Crippen molar-refractivity contribution in [2.45, 2.75) is 32.4 Å². The second kappa shape index (κ2) is 8.86. The number of nitrogens with one attached hydrogen (secondary N) is 1. The number of pyridine rings is 1. The first-order valence-electron chi connectivity index (χ1n) is 11.2. The molecule has 0 spiro atoms. The molecule has 33 heavy (non-hydrogen) atoms. The van der Waals surface area contributed by atoms with Crippen LogP contribution in [0, 0.1) is 0 Å². The standard InChI is InChI=1S/C26H25N5O2/c1-18(28-26(33)20-12-14-27-15-13-20)25-29-21-9-3-5-11-23(21)31(25)17-24(32)30-16-6-8-19-7-2-4-10-22(19)30/h2-5,7,9-15,18H,6,8,16-17H2,1H3,(H,28,33). The van der Waals surface area contributed by atoms with E-state index < -0.39 is 0 Å². The summed E-state index contributed by atoms with van der Waals surface area (Å²) in [6, 6.07) is 18.8. The Labute approximate surface area is 192 Å². The van der Waals surface area contributed by atoms with Crippen LogP contribution in [0.4, 0.5) is 5.69 Å². The van der Waals surface area contributed by atoms with E-state index >= 15 is 0 Å². The van der Waals surface area contributed by atoms with Crippen LogP contribution in [-0.2, 0) is 17.8 Å². The van der Waals surface area contributed by atoms with E-state index in [1.54, 1.807) is 24.5 Å². The highest BCUT2D eigenvalue weighted by atomic mass is 16.2. The summed E-state index contributed by atoms with van der Waals surface area (Å²) in [4.78, 5) is 36.8. The molecule has 1 unspecified atom stereocenters. The molecule has 2 aromatic carbocycles. The molecule has 0 radical (unpaired) electrons. The van der Waals surface area contributed by atoms with Crippen molar-refractivity contribution in [1.29, 1.82) is 0 Å². The Balaban J connectivity index is 1.45. The number of hydrogen-bond donors (Lipinski definition) is 1. The minimum Gasteiger partial charge on any atom is -0.342 e. The second-order valence-electron chi connectivity index (χ2n) is 8.25. The molecule has 1 N–H and O–H groups in total. The topological polar surface area (TPSA) is 80.1 Å². The molecule has 0 fully saturated rings. The van der Waals surface area contributed by atoms with Gasteiger partial charge in [-0.1, -0.05) is 30.3 Å². The van der Waals surface area contributed by atoms with Crippen molar-refractivity contribution in [3.63, 3.8) is 0 Å². The van der Waals surface area contributed by atoms with Gasteiger partial charge in [0, 0.05) is 30.2 Å². The van der Waals surface area contributed by atoms with E-state index in [-0.39, 0.29) is 24.4 Å². The van der Waals surface area contributed by atoms with Crippen LogP contribution in [0.3, 0.4) is 0 Å². The zero-order chi connectivity index (χ0) is 22.8. The largest absolute Gasteiger partial charge is 0.342 e. The maximum atomic E-state index is 13.5. The third kappa shape index (κ3) is 4.09. The lowest BCUT2D eigenvalue weighted by atomic mass is 10.0.